The maximum atomic E-state index is 10.5. The van der Waals surface area contributed by atoms with Crippen LogP contribution in [0.15, 0.2) is 11.8 Å². The lowest BCUT2D eigenvalue weighted by atomic mass is 10.1. The van der Waals surface area contributed by atoms with Gasteiger partial charge >= 0.3 is 0 Å². The van der Waals surface area contributed by atoms with Crippen LogP contribution in [0, 0.1) is 0 Å². The molecule has 1 rings (SSSR count). The van der Waals surface area contributed by atoms with Crippen LogP contribution in [0.25, 0.3) is 0 Å². The van der Waals surface area contributed by atoms with Gasteiger partial charge in [0.2, 0.25) is 6.29 Å². The van der Waals surface area contributed by atoms with Gasteiger partial charge in [-0.3, -0.25) is 9.69 Å². The third-order valence-corrected chi connectivity index (χ3v) is 2.30. The van der Waals surface area contributed by atoms with Crippen LogP contribution in [0.1, 0.15) is 26.2 Å². The van der Waals surface area contributed by atoms with Gasteiger partial charge in [0, 0.05) is 0 Å². The molecule has 11 heavy (non-hydrogen) atoms. The Bertz CT molecular complexity index is 157. The van der Waals surface area contributed by atoms with Gasteiger partial charge in [0.15, 0.2) is 5.70 Å². The van der Waals surface area contributed by atoms with Crippen molar-refractivity contribution in [3.63, 3.8) is 0 Å². The van der Waals surface area contributed by atoms with Crippen LogP contribution in [0.2, 0.25) is 0 Å². The molecule has 1 aliphatic heterocycles. The maximum absolute atomic E-state index is 10.5. The highest BCUT2D eigenvalue weighted by Gasteiger charge is 2.16. The number of hydrogen-bond donors (Lipinski definition) is 1. The number of rotatable bonds is 2. The zero-order valence-electron chi connectivity index (χ0n) is 7.10. The smallest absolute Gasteiger partial charge is 0.202 e. The molecule has 2 nitrogen and oxygen atoms in total. The first-order valence-corrected chi connectivity index (χ1v) is 4.35. The van der Waals surface area contributed by atoms with E-state index in [9.17, 15) is 4.79 Å². The third kappa shape index (κ3) is 2.15. The largest absolute Gasteiger partial charge is 0.300 e. The molecule has 0 unspecified atom stereocenters. The van der Waals surface area contributed by atoms with Gasteiger partial charge in [0.1, 0.15) is 0 Å². The highest BCUT2D eigenvalue weighted by atomic mass is 16.1. The SMILES string of the molecule is C/C=C(\C=O)[NH+]1CCCCC1. The topological polar surface area (TPSA) is 21.5 Å². The van der Waals surface area contributed by atoms with Crippen LogP contribution in [-0.4, -0.2) is 19.4 Å². The molecule has 0 aromatic rings. The van der Waals surface area contributed by atoms with Gasteiger partial charge < -0.3 is 0 Å². The normalized spacial score (nSPS) is 21.7. The van der Waals surface area contributed by atoms with E-state index < -0.39 is 0 Å². The molecule has 0 atom stereocenters. The number of nitrogens with one attached hydrogen (secondary N) is 1. The second-order valence-corrected chi connectivity index (χ2v) is 3.03. The molecule has 62 valence electrons. The molecule has 1 fully saturated rings. The van der Waals surface area contributed by atoms with Crippen molar-refractivity contribution < 1.29 is 9.69 Å². The first-order chi connectivity index (χ1) is 5.38. The van der Waals surface area contributed by atoms with Crippen molar-refractivity contribution in [1.29, 1.82) is 0 Å². The van der Waals surface area contributed by atoms with Gasteiger partial charge in [-0.1, -0.05) is 0 Å². The van der Waals surface area contributed by atoms with Crippen LogP contribution in [0.5, 0.6) is 0 Å². The minimum Gasteiger partial charge on any atom is -0.300 e. The molecule has 0 saturated carbocycles. The Kier molecular flexibility index (Phi) is 3.30. The molecule has 0 aromatic heterocycles. The summed E-state index contributed by atoms with van der Waals surface area (Å²) in [7, 11) is 0. The van der Waals surface area contributed by atoms with E-state index in [0.29, 0.717) is 0 Å². The van der Waals surface area contributed by atoms with E-state index >= 15 is 0 Å². The fourth-order valence-electron chi connectivity index (χ4n) is 1.62. The van der Waals surface area contributed by atoms with Crippen LogP contribution in [0.4, 0.5) is 0 Å². The average Bonchev–Trinajstić information content (AvgIpc) is 2.09. The molecule has 0 spiro atoms. The maximum Gasteiger partial charge on any atom is 0.202 e. The zero-order valence-corrected chi connectivity index (χ0v) is 7.10. The predicted octanol–water partition coefficient (Wildman–Crippen LogP) is 0.158. The van der Waals surface area contributed by atoms with E-state index in [1.54, 1.807) is 0 Å². The number of piperidine rings is 1. The Hall–Kier alpha value is -0.630. The van der Waals surface area contributed by atoms with Crippen molar-refractivity contribution in [2.75, 3.05) is 13.1 Å². The first-order valence-electron chi connectivity index (χ1n) is 4.35. The lowest BCUT2D eigenvalue weighted by Crippen LogP contribution is -3.11. The second-order valence-electron chi connectivity index (χ2n) is 3.03. The summed E-state index contributed by atoms with van der Waals surface area (Å²) < 4.78 is 0. The standard InChI is InChI=1S/C9H15NO/c1-2-9(8-11)10-6-4-3-5-7-10/h2,8H,3-7H2,1H3/p+1/b9-2+. The molecular weight excluding hydrogens is 138 g/mol. The van der Waals surface area contributed by atoms with Crippen LogP contribution >= 0.6 is 0 Å². The number of quaternary nitrogens is 1. The van der Waals surface area contributed by atoms with Gasteiger partial charge in [-0.25, -0.2) is 0 Å². The molecule has 0 amide bonds. The molecule has 1 saturated heterocycles. The molecule has 1 heterocycles. The molecular formula is C9H16NO+. The van der Waals surface area contributed by atoms with E-state index in [1.807, 2.05) is 13.0 Å². The Balaban J connectivity index is 2.49. The average molecular weight is 154 g/mol. The first kappa shape index (κ1) is 8.47. The van der Waals surface area contributed by atoms with E-state index in [-0.39, 0.29) is 0 Å². The third-order valence-electron chi connectivity index (χ3n) is 2.30. The van der Waals surface area contributed by atoms with E-state index in [1.165, 1.54) is 24.2 Å². The van der Waals surface area contributed by atoms with Crippen molar-refractivity contribution in [2.45, 2.75) is 26.2 Å². The Morgan fingerprint density at radius 1 is 1.27 bits per heavy atom. The molecule has 0 radical (unpaired) electrons. The summed E-state index contributed by atoms with van der Waals surface area (Å²) in [5.41, 5.74) is 0.935. The second kappa shape index (κ2) is 4.29. The highest BCUT2D eigenvalue weighted by Crippen LogP contribution is 1.96. The summed E-state index contributed by atoms with van der Waals surface area (Å²) >= 11 is 0. The van der Waals surface area contributed by atoms with Crippen molar-refractivity contribution in [2.24, 2.45) is 0 Å². The molecule has 0 bridgehead atoms. The highest BCUT2D eigenvalue weighted by molar-refractivity contribution is 5.69. The molecule has 1 aliphatic rings. The lowest BCUT2D eigenvalue weighted by molar-refractivity contribution is -0.860. The van der Waals surface area contributed by atoms with Gasteiger partial charge in [-0.2, -0.15) is 0 Å². The number of likely N-dealkylation sites (tertiary alicyclic amines) is 1. The Morgan fingerprint density at radius 3 is 2.36 bits per heavy atom. The molecule has 0 aromatic carbocycles. The predicted molar refractivity (Wildman–Crippen MR) is 44.4 cm³/mol. The number of carbonyl (C=O) groups is 1. The van der Waals surface area contributed by atoms with Gasteiger partial charge in [0.05, 0.1) is 13.1 Å². The quantitative estimate of drug-likeness (QED) is 0.444. The monoisotopic (exact) mass is 154 g/mol. The number of aldehydes is 1. The van der Waals surface area contributed by atoms with Crippen molar-refractivity contribution in [3.05, 3.63) is 11.8 Å². The minimum atomic E-state index is 0.935. The summed E-state index contributed by atoms with van der Waals surface area (Å²) in [5, 5.41) is 0. The van der Waals surface area contributed by atoms with Crippen molar-refractivity contribution in [3.8, 4) is 0 Å². The van der Waals surface area contributed by atoms with E-state index in [2.05, 4.69) is 0 Å². The van der Waals surface area contributed by atoms with Crippen molar-refractivity contribution in [1.82, 2.24) is 0 Å². The molecule has 2 heteroatoms. The number of carbonyl (C=O) groups excluding carboxylic acids is 1. The molecule has 1 N–H and O–H groups in total. The summed E-state index contributed by atoms with van der Waals surface area (Å²) in [5.74, 6) is 0. The summed E-state index contributed by atoms with van der Waals surface area (Å²) in [6, 6.07) is 0. The summed E-state index contributed by atoms with van der Waals surface area (Å²) in [4.78, 5) is 11.9. The van der Waals surface area contributed by atoms with Crippen LogP contribution in [-0.2, 0) is 4.79 Å². The Labute approximate surface area is 67.9 Å². The van der Waals surface area contributed by atoms with Gasteiger partial charge in [-0.05, 0) is 32.3 Å². The van der Waals surface area contributed by atoms with Crippen LogP contribution in [0.3, 0.4) is 0 Å². The molecule has 0 aliphatic carbocycles. The number of allylic oxidation sites excluding steroid dienone is 2. The van der Waals surface area contributed by atoms with E-state index in [4.69, 9.17) is 0 Å². The Morgan fingerprint density at radius 2 is 1.91 bits per heavy atom. The fourth-order valence-corrected chi connectivity index (χ4v) is 1.62. The van der Waals surface area contributed by atoms with Gasteiger partial charge in [0.25, 0.3) is 0 Å². The van der Waals surface area contributed by atoms with Crippen molar-refractivity contribution >= 4 is 6.29 Å². The van der Waals surface area contributed by atoms with E-state index in [0.717, 1.165) is 25.1 Å². The fraction of sp³-hybridized carbons (Fsp3) is 0.667. The minimum absolute atomic E-state index is 0.935. The van der Waals surface area contributed by atoms with Crippen LogP contribution < -0.4 is 4.90 Å². The number of hydrogen-bond acceptors (Lipinski definition) is 1. The zero-order chi connectivity index (χ0) is 8.10. The van der Waals surface area contributed by atoms with Gasteiger partial charge in [-0.15, -0.1) is 0 Å². The lowest BCUT2D eigenvalue weighted by Gasteiger charge is -2.22. The summed E-state index contributed by atoms with van der Waals surface area (Å²) in [6.45, 7) is 4.21. The summed E-state index contributed by atoms with van der Waals surface area (Å²) in [6.07, 6.45) is 6.77.